The number of hydrogen-bond donors (Lipinski definition) is 1. The topological polar surface area (TPSA) is 63.6 Å². The van der Waals surface area contributed by atoms with Crippen LogP contribution in [0.3, 0.4) is 0 Å². The Kier molecular flexibility index (Phi) is 6.66. The van der Waals surface area contributed by atoms with Crippen LogP contribution < -0.4 is 0 Å². The van der Waals surface area contributed by atoms with Gasteiger partial charge in [-0.3, -0.25) is 4.79 Å². The lowest BCUT2D eigenvalue weighted by Crippen LogP contribution is -2.10. The summed E-state index contributed by atoms with van der Waals surface area (Å²) in [5.41, 5.74) is 2.66. The molecule has 0 spiro atoms. The normalized spacial score (nSPS) is 14.6. The minimum absolute atomic E-state index is 0.199. The van der Waals surface area contributed by atoms with Gasteiger partial charge in [-0.15, -0.1) is 0 Å². The second-order valence-electron chi connectivity index (χ2n) is 5.03. The Labute approximate surface area is 125 Å². The number of benzene rings is 1. The zero-order chi connectivity index (χ0) is 15.8. The summed E-state index contributed by atoms with van der Waals surface area (Å²) in [5.74, 6) is -1.27. The molecule has 0 amide bonds. The molecule has 1 N–H and O–H groups in total. The molecule has 4 nitrogen and oxygen atoms in total. The van der Waals surface area contributed by atoms with E-state index in [1.807, 2.05) is 31.2 Å². The van der Waals surface area contributed by atoms with E-state index in [2.05, 4.69) is 6.92 Å². The third-order valence-electron chi connectivity index (χ3n) is 3.40. The highest BCUT2D eigenvalue weighted by Gasteiger charge is 2.18. The fourth-order valence-electron chi connectivity index (χ4n) is 1.81. The van der Waals surface area contributed by atoms with Crippen LogP contribution >= 0.6 is 0 Å². The summed E-state index contributed by atoms with van der Waals surface area (Å²) >= 11 is 0. The van der Waals surface area contributed by atoms with E-state index >= 15 is 0 Å². The number of allylic oxidation sites excluding steroid dienone is 1. The Bertz CT molecular complexity index is 531. The summed E-state index contributed by atoms with van der Waals surface area (Å²) in [7, 11) is 0. The van der Waals surface area contributed by atoms with Gasteiger partial charge in [0.2, 0.25) is 0 Å². The number of esters is 1. The maximum Gasteiger partial charge on any atom is 0.338 e. The Morgan fingerprint density at radius 2 is 2.10 bits per heavy atom. The number of fused-ring (bicyclic) bond motifs is 1. The van der Waals surface area contributed by atoms with Crippen molar-refractivity contribution in [1.82, 2.24) is 0 Å². The van der Waals surface area contributed by atoms with E-state index in [9.17, 15) is 9.59 Å². The monoisotopic (exact) mass is 290 g/mol. The number of hydrogen-bond acceptors (Lipinski definition) is 3. The van der Waals surface area contributed by atoms with E-state index < -0.39 is 5.97 Å². The number of unbranched alkanes of at least 4 members (excludes halogenated alkanes) is 1. The van der Waals surface area contributed by atoms with Crippen LogP contribution in [0.25, 0.3) is 0 Å². The zero-order valence-corrected chi connectivity index (χ0v) is 12.8. The fraction of sp³-hybridized carbons (Fsp3) is 0.412. The number of cyclic esters (lactones) is 1. The molecule has 4 heteroatoms. The summed E-state index contributed by atoms with van der Waals surface area (Å²) in [6.45, 7) is 6.10. The lowest BCUT2D eigenvalue weighted by atomic mass is 10.0. The van der Waals surface area contributed by atoms with Crippen LogP contribution in [-0.4, -0.2) is 17.0 Å². The summed E-state index contributed by atoms with van der Waals surface area (Å²) in [6.07, 6.45) is 4.05. The molecular weight excluding hydrogens is 268 g/mol. The van der Waals surface area contributed by atoms with Crippen molar-refractivity contribution < 1.29 is 19.4 Å². The molecule has 1 atom stereocenters. The highest BCUT2D eigenvalue weighted by molar-refractivity contribution is 5.93. The van der Waals surface area contributed by atoms with Gasteiger partial charge in [0.25, 0.3) is 0 Å². The molecule has 1 aliphatic heterocycles. The van der Waals surface area contributed by atoms with Crippen LogP contribution in [0, 0.1) is 5.92 Å². The summed E-state index contributed by atoms with van der Waals surface area (Å²) in [4.78, 5) is 21.3. The van der Waals surface area contributed by atoms with Gasteiger partial charge in [-0.25, -0.2) is 4.79 Å². The van der Waals surface area contributed by atoms with Crippen LogP contribution in [0.2, 0.25) is 0 Å². The van der Waals surface area contributed by atoms with Crippen LogP contribution in [0.1, 0.15) is 49.5 Å². The Morgan fingerprint density at radius 1 is 1.43 bits per heavy atom. The number of carboxylic acid groups (broad SMARTS) is 1. The average Bonchev–Trinajstić information content (AvgIpc) is 2.86. The molecule has 0 aromatic heterocycles. The van der Waals surface area contributed by atoms with Crippen molar-refractivity contribution in [3.05, 3.63) is 47.0 Å². The molecule has 1 aliphatic rings. The fourth-order valence-corrected chi connectivity index (χ4v) is 1.81. The summed E-state index contributed by atoms with van der Waals surface area (Å²) in [5, 5.41) is 8.61. The highest BCUT2D eigenvalue weighted by atomic mass is 16.5. The second kappa shape index (κ2) is 8.25. The van der Waals surface area contributed by atoms with Crippen molar-refractivity contribution in [2.24, 2.45) is 5.92 Å². The SMILES string of the molecule is CCCC=C(C)C(C)C(=O)O.O=C1OCc2ccccc21. The van der Waals surface area contributed by atoms with Gasteiger partial charge in [-0.2, -0.15) is 0 Å². The van der Waals surface area contributed by atoms with Gasteiger partial charge in [-0.1, -0.05) is 43.2 Å². The number of carbonyl (C=O) groups excluding carboxylic acids is 1. The van der Waals surface area contributed by atoms with E-state index in [1.165, 1.54) is 0 Å². The zero-order valence-electron chi connectivity index (χ0n) is 12.8. The largest absolute Gasteiger partial charge is 0.481 e. The minimum atomic E-state index is -0.741. The average molecular weight is 290 g/mol. The quantitative estimate of drug-likeness (QED) is 0.676. The number of aliphatic carboxylic acids is 1. The van der Waals surface area contributed by atoms with Crippen molar-refractivity contribution in [3.8, 4) is 0 Å². The van der Waals surface area contributed by atoms with Crippen LogP contribution in [-0.2, 0) is 16.1 Å². The van der Waals surface area contributed by atoms with E-state index in [0.717, 1.165) is 24.0 Å². The minimum Gasteiger partial charge on any atom is -0.481 e. The molecule has 1 heterocycles. The molecule has 21 heavy (non-hydrogen) atoms. The number of carboxylic acids is 1. The van der Waals surface area contributed by atoms with E-state index in [0.29, 0.717) is 12.2 Å². The third kappa shape index (κ3) is 5.06. The molecule has 0 saturated heterocycles. The van der Waals surface area contributed by atoms with Gasteiger partial charge >= 0.3 is 11.9 Å². The Balaban J connectivity index is 0.000000210. The van der Waals surface area contributed by atoms with Gasteiger partial charge in [-0.05, 0) is 26.3 Å². The van der Waals surface area contributed by atoms with E-state index in [4.69, 9.17) is 9.84 Å². The van der Waals surface area contributed by atoms with Gasteiger partial charge in [0, 0.05) is 5.56 Å². The molecule has 1 aromatic carbocycles. The van der Waals surface area contributed by atoms with Crippen LogP contribution in [0.15, 0.2) is 35.9 Å². The van der Waals surface area contributed by atoms with Crippen molar-refractivity contribution >= 4 is 11.9 Å². The van der Waals surface area contributed by atoms with Crippen molar-refractivity contribution in [2.75, 3.05) is 0 Å². The molecule has 0 bridgehead atoms. The molecule has 2 rings (SSSR count). The van der Waals surface area contributed by atoms with Crippen molar-refractivity contribution in [3.63, 3.8) is 0 Å². The maximum absolute atomic E-state index is 10.8. The first kappa shape index (κ1) is 17.0. The number of rotatable bonds is 4. The number of ether oxygens (including phenoxy) is 1. The first-order valence-electron chi connectivity index (χ1n) is 7.11. The standard InChI is InChI=1S/C9H16O2.C8H6O2/c1-4-5-6-7(2)8(3)9(10)11;9-8-7-4-2-1-3-6(7)5-10-8/h6,8H,4-5H2,1-3H3,(H,10,11);1-4H,5H2. The first-order chi connectivity index (χ1) is 9.97. The Hall–Kier alpha value is -2.10. The second-order valence-corrected chi connectivity index (χ2v) is 5.03. The predicted molar refractivity (Wildman–Crippen MR) is 81.0 cm³/mol. The molecular formula is C17H22O4. The molecule has 0 aliphatic carbocycles. The Morgan fingerprint density at radius 3 is 2.67 bits per heavy atom. The van der Waals surface area contributed by atoms with Crippen molar-refractivity contribution in [1.29, 1.82) is 0 Å². The maximum atomic E-state index is 10.8. The summed E-state index contributed by atoms with van der Waals surface area (Å²) in [6, 6.07) is 7.43. The van der Waals surface area contributed by atoms with Crippen molar-refractivity contribution in [2.45, 2.75) is 40.2 Å². The molecule has 0 fully saturated rings. The molecule has 1 unspecified atom stereocenters. The summed E-state index contributed by atoms with van der Waals surface area (Å²) < 4.78 is 4.78. The van der Waals surface area contributed by atoms with Gasteiger partial charge in [0.15, 0.2) is 0 Å². The lowest BCUT2D eigenvalue weighted by molar-refractivity contribution is -0.139. The highest BCUT2D eigenvalue weighted by Crippen LogP contribution is 2.18. The van der Waals surface area contributed by atoms with Gasteiger partial charge < -0.3 is 9.84 Å². The molecule has 0 saturated carbocycles. The van der Waals surface area contributed by atoms with Gasteiger partial charge in [0.1, 0.15) is 6.61 Å². The predicted octanol–water partition coefficient (Wildman–Crippen LogP) is 3.81. The van der Waals surface area contributed by atoms with Gasteiger partial charge in [0.05, 0.1) is 11.5 Å². The lowest BCUT2D eigenvalue weighted by Gasteiger charge is -2.05. The van der Waals surface area contributed by atoms with Crippen LogP contribution in [0.4, 0.5) is 0 Å². The van der Waals surface area contributed by atoms with E-state index in [1.54, 1.807) is 13.0 Å². The van der Waals surface area contributed by atoms with Crippen LogP contribution in [0.5, 0.6) is 0 Å². The molecule has 1 aromatic rings. The smallest absolute Gasteiger partial charge is 0.338 e. The number of carbonyl (C=O) groups is 2. The molecule has 0 radical (unpaired) electrons. The third-order valence-corrected chi connectivity index (χ3v) is 3.40. The molecule has 114 valence electrons. The first-order valence-corrected chi connectivity index (χ1v) is 7.11. The van der Waals surface area contributed by atoms with E-state index in [-0.39, 0.29) is 11.9 Å².